The van der Waals surface area contributed by atoms with E-state index in [4.69, 9.17) is 0 Å². The fraction of sp³-hybridized carbons (Fsp3) is 0.583. The Morgan fingerprint density at radius 1 is 1.35 bits per heavy atom. The molecule has 1 aromatic heterocycles. The van der Waals surface area contributed by atoms with Crippen LogP contribution in [0, 0.1) is 0 Å². The maximum absolute atomic E-state index is 11.2. The zero-order valence-electron chi connectivity index (χ0n) is 10.3. The summed E-state index contributed by atoms with van der Waals surface area (Å²) in [6, 6.07) is 5.50. The Labute approximate surface area is 103 Å². The lowest BCUT2D eigenvalue weighted by Gasteiger charge is -2.16. The minimum absolute atomic E-state index is 0.291. The summed E-state index contributed by atoms with van der Waals surface area (Å²) >= 11 is 0. The predicted octanol–water partition coefficient (Wildman–Crippen LogP) is 1.77. The van der Waals surface area contributed by atoms with Gasteiger partial charge in [0.15, 0.2) is 22.0 Å². The first-order valence-electron chi connectivity index (χ1n) is 5.94. The second-order valence-electron chi connectivity index (χ2n) is 4.06. The van der Waals surface area contributed by atoms with E-state index < -0.39 is 15.5 Å². The average molecular weight is 257 g/mol. The van der Waals surface area contributed by atoms with Gasteiger partial charge in [-0.2, -0.15) is 4.57 Å². The summed E-state index contributed by atoms with van der Waals surface area (Å²) in [7, 11) is -4.30. The molecule has 1 heterocycles. The fourth-order valence-corrected chi connectivity index (χ4v) is 2.77. The highest BCUT2D eigenvalue weighted by Gasteiger charge is 2.26. The molecule has 96 valence electrons. The molecule has 0 spiro atoms. The molecule has 0 saturated carbocycles. The highest BCUT2D eigenvalue weighted by molar-refractivity contribution is 7.85. The number of nitrogens with zero attached hydrogens (tertiary/aromatic N) is 1. The summed E-state index contributed by atoms with van der Waals surface area (Å²) in [6.07, 6.45) is 4.78. The van der Waals surface area contributed by atoms with Crippen LogP contribution in [-0.4, -0.2) is 13.0 Å². The van der Waals surface area contributed by atoms with E-state index in [1.54, 1.807) is 23.8 Å². The van der Waals surface area contributed by atoms with Crippen molar-refractivity contribution < 1.29 is 17.5 Å². The van der Waals surface area contributed by atoms with Crippen LogP contribution in [0.4, 0.5) is 0 Å². The van der Waals surface area contributed by atoms with E-state index in [1.807, 2.05) is 12.1 Å². The molecule has 1 rings (SSSR count). The molecule has 5 heteroatoms. The first-order valence-corrected chi connectivity index (χ1v) is 7.41. The van der Waals surface area contributed by atoms with Crippen molar-refractivity contribution >= 4 is 10.1 Å². The van der Waals surface area contributed by atoms with Crippen molar-refractivity contribution in [3.8, 4) is 0 Å². The minimum Gasteiger partial charge on any atom is -0.743 e. The molecule has 0 N–H and O–H groups in total. The average Bonchev–Trinajstić information content (AvgIpc) is 2.27. The maximum Gasteiger partial charge on any atom is 0.245 e. The SMILES string of the molecule is CCCCc1cccc[n+]1C(CC)S(=O)(=O)[O-]. The Bertz CT molecular complexity index is 457. The van der Waals surface area contributed by atoms with Gasteiger partial charge in [-0.05, 0) is 6.42 Å². The third-order valence-corrected chi connectivity index (χ3v) is 3.98. The molecule has 0 amide bonds. The molecule has 0 aliphatic carbocycles. The zero-order valence-corrected chi connectivity index (χ0v) is 11.1. The number of aromatic nitrogens is 1. The number of hydrogen-bond acceptors (Lipinski definition) is 3. The largest absolute Gasteiger partial charge is 0.743 e. The van der Waals surface area contributed by atoms with Gasteiger partial charge in [-0.3, -0.25) is 0 Å². The number of hydrogen-bond donors (Lipinski definition) is 0. The third-order valence-electron chi connectivity index (χ3n) is 2.76. The zero-order chi connectivity index (χ0) is 12.9. The van der Waals surface area contributed by atoms with Crippen LogP contribution in [-0.2, 0) is 16.5 Å². The van der Waals surface area contributed by atoms with Crippen LogP contribution < -0.4 is 4.57 Å². The topological polar surface area (TPSA) is 61.1 Å². The Hall–Kier alpha value is -0.940. The van der Waals surface area contributed by atoms with E-state index in [1.165, 1.54) is 0 Å². The molecular formula is C12H19NO3S. The van der Waals surface area contributed by atoms with Gasteiger partial charge in [0.25, 0.3) is 0 Å². The van der Waals surface area contributed by atoms with E-state index in [9.17, 15) is 13.0 Å². The van der Waals surface area contributed by atoms with Crippen molar-refractivity contribution in [1.82, 2.24) is 0 Å². The molecule has 0 radical (unpaired) electrons. The lowest BCUT2D eigenvalue weighted by molar-refractivity contribution is -0.709. The molecule has 0 bridgehead atoms. The van der Waals surface area contributed by atoms with Crippen molar-refractivity contribution in [2.75, 3.05) is 0 Å². The fourth-order valence-electron chi connectivity index (χ4n) is 1.88. The standard InChI is InChI=1S/C12H19NO3S/c1-3-5-8-11-9-6-7-10-13(11)12(4-2)17(14,15)16/h6-7,9-10,12H,3-5,8H2,1-2H3. The van der Waals surface area contributed by atoms with Gasteiger partial charge in [-0.1, -0.05) is 26.3 Å². The Balaban J connectivity index is 3.10. The summed E-state index contributed by atoms with van der Waals surface area (Å²) in [6.45, 7) is 3.79. The normalized spacial score (nSPS) is 13.6. The van der Waals surface area contributed by atoms with E-state index in [0.717, 1.165) is 25.0 Å². The van der Waals surface area contributed by atoms with Crippen LogP contribution in [0.5, 0.6) is 0 Å². The summed E-state index contributed by atoms with van der Waals surface area (Å²) in [5, 5.41) is -0.990. The molecule has 1 aromatic rings. The first kappa shape index (κ1) is 14.1. The lowest BCUT2D eigenvalue weighted by atomic mass is 10.2. The van der Waals surface area contributed by atoms with Gasteiger partial charge < -0.3 is 4.55 Å². The number of rotatable bonds is 6. The number of pyridine rings is 1. The second kappa shape index (κ2) is 6.12. The van der Waals surface area contributed by atoms with E-state index in [0.29, 0.717) is 6.42 Å². The monoisotopic (exact) mass is 257 g/mol. The molecule has 0 aromatic carbocycles. The summed E-state index contributed by atoms with van der Waals surface area (Å²) < 4.78 is 35.2. The molecule has 0 fully saturated rings. The number of unbranched alkanes of at least 4 members (excludes halogenated alkanes) is 1. The van der Waals surface area contributed by atoms with Crippen LogP contribution in [0.1, 0.15) is 44.2 Å². The van der Waals surface area contributed by atoms with Gasteiger partial charge in [0, 0.05) is 25.0 Å². The molecule has 1 atom stereocenters. The van der Waals surface area contributed by atoms with Crippen molar-refractivity contribution in [3.05, 3.63) is 30.1 Å². The van der Waals surface area contributed by atoms with Crippen LogP contribution >= 0.6 is 0 Å². The molecule has 0 saturated heterocycles. The highest BCUT2D eigenvalue weighted by Crippen LogP contribution is 2.12. The van der Waals surface area contributed by atoms with Crippen LogP contribution in [0.3, 0.4) is 0 Å². The summed E-state index contributed by atoms with van der Waals surface area (Å²) in [5.74, 6) is 0. The van der Waals surface area contributed by atoms with Crippen LogP contribution in [0.2, 0.25) is 0 Å². The van der Waals surface area contributed by atoms with Gasteiger partial charge in [0.05, 0.1) is 0 Å². The Morgan fingerprint density at radius 3 is 2.59 bits per heavy atom. The van der Waals surface area contributed by atoms with Gasteiger partial charge in [-0.25, -0.2) is 8.42 Å². The van der Waals surface area contributed by atoms with Gasteiger partial charge in [0.1, 0.15) is 0 Å². The minimum atomic E-state index is -4.30. The van der Waals surface area contributed by atoms with Crippen molar-refractivity contribution in [2.45, 2.75) is 44.9 Å². The van der Waals surface area contributed by atoms with Gasteiger partial charge in [-0.15, -0.1) is 0 Å². The van der Waals surface area contributed by atoms with E-state index >= 15 is 0 Å². The van der Waals surface area contributed by atoms with E-state index in [-0.39, 0.29) is 0 Å². The molecule has 0 aliphatic rings. The second-order valence-corrected chi connectivity index (χ2v) is 5.59. The molecule has 17 heavy (non-hydrogen) atoms. The molecule has 1 unspecified atom stereocenters. The van der Waals surface area contributed by atoms with Crippen molar-refractivity contribution in [1.29, 1.82) is 0 Å². The molecular weight excluding hydrogens is 238 g/mol. The predicted molar refractivity (Wildman–Crippen MR) is 64.3 cm³/mol. The maximum atomic E-state index is 11.2. The highest BCUT2D eigenvalue weighted by atomic mass is 32.2. The number of aryl methyl sites for hydroxylation is 1. The molecule has 4 nitrogen and oxygen atoms in total. The van der Waals surface area contributed by atoms with Crippen LogP contribution in [0.25, 0.3) is 0 Å². The van der Waals surface area contributed by atoms with Gasteiger partial charge in [0.2, 0.25) is 5.37 Å². The Morgan fingerprint density at radius 2 is 2.06 bits per heavy atom. The summed E-state index contributed by atoms with van der Waals surface area (Å²) in [5.41, 5.74) is 0.903. The third kappa shape index (κ3) is 3.78. The van der Waals surface area contributed by atoms with E-state index in [2.05, 4.69) is 6.92 Å². The van der Waals surface area contributed by atoms with Crippen molar-refractivity contribution in [3.63, 3.8) is 0 Å². The quantitative estimate of drug-likeness (QED) is 0.576. The first-order chi connectivity index (χ1) is 8.00. The van der Waals surface area contributed by atoms with Crippen molar-refractivity contribution in [2.24, 2.45) is 0 Å². The lowest BCUT2D eigenvalue weighted by Crippen LogP contribution is -2.46. The van der Waals surface area contributed by atoms with Crippen LogP contribution in [0.15, 0.2) is 24.4 Å². The smallest absolute Gasteiger partial charge is 0.245 e. The Kier molecular flexibility index (Phi) is 5.08. The van der Waals surface area contributed by atoms with Gasteiger partial charge >= 0.3 is 0 Å². The summed E-state index contributed by atoms with van der Waals surface area (Å²) in [4.78, 5) is 0. The molecule has 0 aliphatic heterocycles.